The highest BCUT2D eigenvalue weighted by Gasteiger charge is 2.06. The van der Waals surface area contributed by atoms with E-state index in [0.29, 0.717) is 0 Å². The van der Waals surface area contributed by atoms with Crippen LogP contribution in [0.5, 0.6) is 0 Å². The third-order valence-electron chi connectivity index (χ3n) is 1.11. The second-order valence-electron chi connectivity index (χ2n) is 1.94. The van der Waals surface area contributed by atoms with E-state index in [1.807, 2.05) is 0 Å². The molecule has 0 aliphatic carbocycles. The number of carbonyl (C=O) groups excluding carboxylic acids is 1. The summed E-state index contributed by atoms with van der Waals surface area (Å²) in [5, 5.41) is 0.889. The molecule has 0 aliphatic heterocycles. The van der Waals surface area contributed by atoms with Gasteiger partial charge in [0.1, 0.15) is 0 Å². The van der Waals surface area contributed by atoms with E-state index in [2.05, 4.69) is 9.97 Å². The average molecular weight is 189 g/mol. The van der Waals surface area contributed by atoms with Crippen molar-refractivity contribution in [1.29, 1.82) is 0 Å². The maximum Gasteiger partial charge on any atom is 0.246 e. The highest BCUT2D eigenvalue weighted by atomic mass is 35.5. The molecule has 1 aromatic heterocycles. The largest absolute Gasteiger partial charge is 0.273 e. The minimum atomic E-state index is -0.295. The first-order valence-electron chi connectivity index (χ1n) is 3.04. The molecule has 66 valence electrons. The van der Waals surface area contributed by atoms with E-state index in [0.717, 1.165) is 5.01 Å². The van der Waals surface area contributed by atoms with Crippen LogP contribution in [-0.4, -0.2) is 15.9 Å². The number of hydrogen-bond acceptors (Lipinski definition) is 4. The summed E-state index contributed by atoms with van der Waals surface area (Å²) in [7, 11) is 0. The number of amides is 1. The van der Waals surface area contributed by atoms with Crippen molar-refractivity contribution in [3.05, 3.63) is 18.5 Å². The van der Waals surface area contributed by atoms with Crippen LogP contribution in [0.2, 0.25) is 0 Å². The zero-order valence-electron chi connectivity index (χ0n) is 6.47. The number of rotatable bonds is 1. The van der Waals surface area contributed by atoms with Crippen LogP contribution < -0.4 is 10.9 Å². The molecule has 1 aromatic rings. The van der Waals surface area contributed by atoms with E-state index < -0.39 is 0 Å². The smallest absolute Gasteiger partial charge is 0.246 e. The van der Waals surface area contributed by atoms with E-state index in [1.165, 1.54) is 19.3 Å². The van der Waals surface area contributed by atoms with E-state index in [1.54, 1.807) is 6.07 Å². The molecule has 1 rings (SSSR count). The summed E-state index contributed by atoms with van der Waals surface area (Å²) >= 11 is 0. The monoisotopic (exact) mass is 188 g/mol. The van der Waals surface area contributed by atoms with Crippen molar-refractivity contribution in [2.45, 2.75) is 6.92 Å². The third kappa shape index (κ3) is 2.44. The van der Waals surface area contributed by atoms with Crippen LogP contribution >= 0.6 is 12.4 Å². The molecule has 0 spiro atoms. The van der Waals surface area contributed by atoms with Crippen molar-refractivity contribution in [3.63, 3.8) is 0 Å². The molecule has 0 fully saturated rings. The van der Waals surface area contributed by atoms with Gasteiger partial charge in [-0.25, -0.2) is 20.8 Å². The molecular weight excluding hydrogens is 180 g/mol. The molecule has 2 N–H and O–H groups in total. The highest BCUT2D eigenvalue weighted by Crippen LogP contribution is 1.98. The van der Waals surface area contributed by atoms with E-state index in [4.69, 9.17) is 5.84 Å². The molecule has 0 aromatic carbocycles. The van der Waals surface area contributed by atoms with Gasteiger partial charge >= 0.3 is 0 Å². The summed E-state index contributed by atoms with van der Waals surface area (Å²) in [6.07, 6.45) is 3.04. The Morgan fingerprint density at radius 2 is 2.00 bits per heavy atom. The summed E-state index contributed by atoms with van der Waals surface area (Å²) in [4.78, 5) is 18.2. The second kappa shape index (κ2) is 4.63. The predicted octanol–water partition coefficient (Wildman–Crippen LogP) is 0.125. The van der Waals surface area contributed by atoms with E-state index >= 15 is 0 Å². The molecular formula is C6H9ClN4O. The standard InChI is InChI=1S/C6H8N4O.ClH/c1-5(11)10(7)6-8-3-2-4-9-6;/h2-4H,7H2,1H3;1H. The highest BCUT2D eigenvalue weighted by molar-refractivity contribution is 5.88. The van der Waals surface area contributed by atoms with Crippen LogP contribution in [0.3, 0.4) is 0 Å². The van der Waals surface area contributed by atoms with Crippen molar-refractivity contribution in [3.8, 4) is 0 Å². The van der Waals surface area contributed by atoms with Crippen LogP contribution in [0, 0.1) is 0 Å². The number of hydrazine groups is 1. The van der Waals surface area contributed by atoms with Crippen molar-refractivity contribution < 1.29 is 4.79 Å². The maximum absolute atomic E-state index is 10.7. The first-order chi connectivity index (χ1) is 5.22. The summed E-state index contributed by atoms with van der Waals surface area (Å²) < 4.78 is 0. The van der Waals surface area contributed by atoms with E-state index in [9.17, 15) is 4.79 Å². The van der Waals surface area contributed by atoms with E-state index in [-0.39, 0.29) is 24.3 Å². The Bertz CT molecular complexity index is 253. The number of halogens is 1. The van der Waals surface area contributed by atoms with Gasteiger partial charge in [-0.3, -0.25) is 4.79 Å². The lowest BCUT2D eigenvalue weighted by atomic mass is 10.6. The predicted molar refractivity (Wildman–Crippen MR) is 46.6 cm³/mol. The Labute approximate surface area is 76.0 Å². The number of nitrogens with two attached hydrogens (primary N) is 1. The quantitative estimate of drug-likeness (QED) is 0.386. The van der Waals surface area contributed by atoms with Gasteiger partial charge in [-0.1, -0.05) is 0 Å². The van der Waals surface area contributed by atoms with Gasteiger partial charge in [0.15, 0.2) is 0 Å². The molecule has 6 heteroatoms. The first kappa shape index (κ1) is 10.8. The summed E-state index contributed by atoms with van der Waals surface area (Å²) in [5.41, 5.74) is 0. The number of anilines is 1. The van der Waals surface area contributed by atoms with Crippen LogP contribution in [0.15, 0.2) is 18.5 Å². The van der Waals surface area contributed by atoms with Crippen LogP contribution in [-0.2, 0) is 4.79 Å². The van der Waals surface area contributed by atoms with Gasteiger partial charge in [-0.05, 0) is 6.07 Å². The average Bonchev–Trinajstić information content (AvgIpc) is 2.05. The zero-order chi connectivity index (χ0) is 8.27. The minimum Gasteiger partial charge on any atom is -0.273 e. The van der Waals surface area contributed by atoms with Crippen molar-refractivity contribution in [2.75, 3.05) is 5.01 Å². The normalized spacial score (nSPS) is 8.50. The third-order valence-corrected chi connectivity index (χ3v) is 1.11. The fraction of sp³-hybridized carbons (Fsp3) is 0.167. The zero-order valence-corrected chi connectivity index (χ0v) is 7.28. The number of carbonyl (C=O) groups is 1. The molecule has 0 saturated heterocycles. The van der Waals surface area contributed by atoms with Gasteiger partial charge in [0, 0.05) is 19.3 Å². The van der Waals surface area contributed by atoms with Gasteiger partial charge in [-0.15, -0.1) is 12.4 Å². The van der Waals surface area contributed by atoms with Gasteiger partial charge in [0.2, 0.25) is 11.9 Å². The minimum absolute atomic E-state index is 0. The summed E-state index contributed by atoms with van der Waals surface area (Å²) in [5.74, 6) is 5.21. The number of nitrogens with zero attached hydrogens (tertiary/aromatic N) is 3. The first-order valence-corrected chi connectivity index (χ1v) is 3.04. The van der Waals surface area contributed by atoms with Crippen LogP contribution in [0.1, 0.15) is 6.92 Å². The topological polar surface area (TPSA) is 72.1 Å². The van der Waals surface area contributed by atoms with Crippen molar-refractivity contribution >= 4 is 24.3 Å². The SMILES string of the molecule is CC(=O)N(N)c1ncccn1.Cl. The lowest BCUT2D eigenvalue weighted by Gasteiger charge is -2.09. The van der Waals surface area contributed by atoms with Gasteiger partial charge in [-0.2, -0.15) is 0 Å². The summed E-state index contributed by atoms with van der Waals surface area (Å²) in [6.45, 7) is 1.34. The Balaban J connectivity index is 0.00000121. The molecule has 1 heterocycles. The fourth-order valence-corrected chi connectivity index (χ4v) is 0.556. The molecule has 0 bridgehead atoms. The molecule has 12 heavy (non-hydrogen) atoms. The Kier molecular flexibility index (Phi) is 4.17. The van der Waals surface area contributed by atoms with Crippen molar-refractivity contribution in [2.24, 2.45) is 5.84 Å². The molecule has 0 aliphatic rings. The molecule has 0 saturated carbocycles. The number of aromatic nitrogens is 2. The molecule has 1 amide bonds. The molecule has 5 nitrogen and oxygen atoms in total. The summed E-state index contributed by atoms with van der Waals surface area (Å²) in [6, 6.07) is 1.65. The maximum atomic E-state index is 10.7. The lowest BCUT2D eigenvalue weighted by molar-refractivity contribution is -0.116. The molecule has 0 atom stereocenters. The van der Waals surface area contributed by atoms with Crippen LogP contribution in [0.25, 0.3) is 0 Å². The molecule has 0 unspecified atom stereocenters. The van der Waals surface area contributed by atoms with Crippen molar-refractivity contribution in [1.82, 2.24) is 9.97 Å². The van der Waals surface area contributed by atoms with Gasteiger partial charge in [0.25, 0.3) is 0 Å². The number of hydrogen-bond donors (Lipinski definition) is 1. The van der Waals surface area contributed by atoms with Crippen LogP contribution in [0.4, 0.5) is 5.95 Å². The Morgan fingerprint density at radius 3 is 2.42 bits per heavy atom. The lowest BCUT2D eigenvalue weighted by Crippen LogP contribution is -2.36. The van der Waals surface area contributed by atoms with Gasteiger partial charge < -0.3 is 0 Å². The second-order valence-corrected chi connectivity index (χ2v) is 1.94. The molecule has 0 radical (unpaired) electrons. The Morgan fingerprint density at radius 1 is 1.50 bits per heavy atom. The van der Waals surface area contributed by atoms with Gasteiger partial charge in [0.05, 0.1) is 0 Å². The Hall–Kier alpha value is -1.20. The fourth-order valence-electron chi connectivity index (χ4n) is 0.556.